The van der Waals surface area contributed by atoms with E-state index in [-0.39, 0.29) is 0 Å². The van der Waals surface area contributed by atoms with E-state index in [1.165, 1.54) is 6.33 Å². The molecule has 0 aliphatic carbocycles. The molecule has 0 N–H and O–H groups in total. The van der Waals surface area contributed by atoms with E-state index in [4.69, 9.17) is 11.6 Å². The van der Waals surface area contributed by atoms with E-state index in [1.54, 1.807) is 10.8 Å². The van der Waals surface area contributed by atoms with E-state index >= 15 is 0 Å². The van der Waals surface area contributed by atoms with Gasteiger partial charge in [-0.2, -0.15) is 5.10 Å². The van der Waals surface area contributed by atoms with Gasteiger partial charge in [-0.25, -0.2) is 14.6 Å². The van der Waals surface area contributed by atoms with Crippen LogP contribution in [0.3, 0.4) is 0 Å². The first-order valence-electron chi connectivity index (χ1n) is 4.30. The van der Waals surface area contributed by atoms with Crippen molar-refractivity contribution in [3.05, 3.63) is 29.8 Å². The molecular weight excluding hydrogens is 279 g/mol. The SMILES string of the molecule is C=CCn1nc(CBr)c2c(Cl)ncnc21. The first kappa shape index (κ1) is 10.6. The van der Waals surface area contributed by atoms with Crippen molar-refractivity contribution < 1.29 is 0 Å². The summed E-state index contributed by atoms with van der Waals surface area (Å²) in [5.41, 5.74) is 1.59. The molecule has 0 bridgehead atoms. The summed E-state index contributed by atoms with van der Waals surface area (Å²) in [7, 11) is 0. The van der Waals surface area contributed by atoms with Gasteiger partial charge in [-0.1, -0.05) is 33.6 Å². The number of rotatable bonds is 3. The van der Waals surface area contributed by atoms with Crippen molar-refractivity contribution in [2.75, 3.05) is 0 Å². The van der Waals surface area contributed by atoms with E-state index < -0.39 is 0 Å². The molecule has 2 rings (SSSR count). The molecule has 0 aliphatic heterocycles. The molecule has 0 spiro atoms. The second-order valence-corrected chi connectivity index (χ2v) is 3.83. The topological polar surface area (TPSA) is 43.6 Å². The minimum absolute atomic E-state index is 0.435. The molecule has 0 atom stereocenters. The van der Waals surface area contributed by atoms with Crippen LogP contribution in [-0.2, 0) is 11.9 Å². The van der Waals surface area contributed by atoms with Gasteiger partial charge in [-0.15, -0.1) is 6.58 Å². The predicted octanol–water partition coefficient (Wildman–Crippen LogP) is 2.56. The Labute approximate surface area is 100 Å². The predicted molar refractivity (Wildman–Crippen MR) is 63.2 cm³/mol. The molecule has 78 valence electrons. The summed E-state index contributed by atoms with van der Waals surface area (Å²) >= 11 is 9.36. The minimum atomic E-state index is 0.435. The summed E-state index contributed by atoms with van der Waals surface area (Å²) < 4.78 is 1.76. The number of nitrogens with zero attached hydrogens (tertiary/aromatic N) is 4. The van der Waals surface area contributed by atoms with E-state index in [1.807, 2.05) is 0 Å². The molecule has 0 radical (unpaired) electrons. The van der Waals surface area contributed by atoms with Crippen molar-refractivity contribution >= 4 is 38.6 Å². The molecule has 0 fully saturated rings. The first-order chi connectivity index (χ1) is 7.27. The summed E-state index contributed by atoms with van der Waals surface area (Å²) in [6.07, 6.45) is 3.20. The van der Waals surface area contributed by atoms with Crippen molar-refractivity contribution in [1.29, 1.82) is 0 Å². The Morgan fingerprint density at radius 3 is 3.00 bits per heavy atom. The fourth-order valence-electron chi connectivity index (χ4n) is 1.39. The largest absolute Gasteiger partial charge is 0.243 e. The number of aromatic nitrogens is 4. The standard InChI is InChI=1S/C9H8BrClN4/c1-2-3-15-9-7(6(4-10)14-15)8(11)12-5-13-9/h2,5H,1,3-4H2. The van der Waals surface area contributed by atoms with Crippen LogP contribution < -0.4 is 0 Å². The van der Waals surface area contributed by atoms with Crippen molar-refractivity contribution in [3.63, 3.8) is 0 Å². The normalized spacial score (nSPS) is 10.8. The lowest BCUT2D eigenvalue weighted by molar-refractivity contribution is 0.710. The summed E-state index contributed by atoms with van der Waals surface area (Å²) in [6, 6.07) is 0. The average molecular weight is 288 g/mol. The Morgan fingerprint density at radius 2 is 2.33 bits per heavy atom. The fraction of sp³-hybridized carbons (Fsp3) is 0.222. The van der Waals surface area contributed by atoms with Crippen molar-refractivity contribution in [2.24, 2.45) is 0 Å². The van der Waals surface area contributed by atoms with Gasteiger partial charge in [-0.3, -0.25) is 0 Å². The van der Waals surface area contributed by atoms with E-state index in [0.29, 0.717) is 17.0 Å². The number of allylic oxidation sites excluding steroid dienone is 1. The molecule has 0 aliphatic rings. The van der Waals surface area contributed by atoms with Crippen LogP contribution in [0.25, 0.3) is 11.0 Å². The highest BCUT2D eigenvalue weighted by molar-refractivity contribution is 9.08. The minimum Gasteiger partial charge on any atom is -0.243 e. The maximum Gasteiger partial charge on any atom is 0.163 e. The van der Waals surface area contributed by atoms with Gasteiger partial charge in [0.05, 0.1) is 17.6 Å². The number of hydrogen-bond acceptors (Lipinski definition) is 3. The number of halogens is 2. The zero-order chi connectivity index (χ0) is 10.8. The summed E-state index contributed by atoms with van der Waals surface area (Å²) in [5, 5.41) is 6.23. The summed E-state index contributed by atoms with van der Waals surface area (Å²) in [6.45, 7) is 4.28. The molecule has 0 saturated heterocycles. The lowest BCUT2D eigenvalue weighted by Crippen LogP contribution is -1.98. The number of hydrogen-bond donors (Lipinski definition) is 0. The second-order valence-electron chi connectivity index (χ2n) is 2.91. The van der Waals surface area contributed by atoms with E-state index in [0.717, 1.165) is 16.7 Å². The highest BCUT2D eigenvalue weighted by Crippen LogP contribution is 2.24. The van der Waals surface area contributed by atoms with Gasteiger partial charge in [0.25, 0.3) is 0 Å². The quantitative estimate of drug-likeness (QED) is 0.495. The van der Waals surface area contributed by atoms with Gasteiger partial charge >= 0.3 is 0 Å². The van der Waals surface area contributed by atoms with E-state index in [2.05, 4.69) is 37.6 Å². The Bertz CT molecular complexity index is 508. The number of alkyl halides is 1. The summed E-state index contributed by atoms with van der Waals surface area (Å²) in [4.78, 5) is 8.11. The molecule has 0 amide bonds. The average Bonchev–Trinajstić information content (AvgIpc) is 2.59. The van der Waals surface area contributed by atoms with Gasteiger partial charge < -0.3 is 0 Å². The molecule has 6 heteroatoms. The third kappa shape index (κ3) is 1.77. The molecule has 2 heterocycles. The van der Waals surface area contributed by atoms with Crippen LogP contribution in [0.1, 0.15) is 5.69 Å². The maximum absolute atomic E-state index is 6.00. The van der Waals surface area contributed by atoms with Crippen LogP contribution in [-0.4, -0.2) is 19.7 Å². The lowest BCUT2D eigenvalue weighted by atomic mass is 10.3. The third-order valence-electron chi connectivity index (χ3n) is 1.98. The highest BCUT2D eigenvalue weighted by Gasteiger charge is 2.13. The molecule has 0 aromatic carbocycles. The van der Waals surface area contributed by atoms with Crippen LogP contribution in [0, 0.1) is 0 Å². The van der Waals surface area contributed by atoms with Crippen molar-refractivity contribution in [3.8, 4) is 0 Å². The van der Waals surface area contributed by atoms with Crippen LogP contribution in [0.5, 0.6) is 0 Å². The second kappa shape index (κ2) is 4.28. The Kier molecular flexibility index (Phi) is 3.02. The van der Waals surface area contributed by atoms with Crippen molar-refractivity contribution in [2.45, 2.75) is 11.9 Å². The molecular formula is C9H8BrClN4. The number of fused-ring (bicyclic) bond motifs is 1. The monoisotopic (exact) mass is 286 g/mol. The lowest BCUT2D eigenvalue weighted by Gasteiger charge is -1.96. The molecule has 0 saturated carbocycles. The van der Waals surface area contributed by atoms with Crippen LogP contribution in [0.2, 0.25) is 5.15 Å². The molecule has 15 heavy (non-hydrogen) atoms. The Balaban J connectivity index is 2.74. The highest BCUT2D eigenvalue weighted by atomic mass is 79.9. The van der Waals surface area contributed by atoms with E-state index in [9.17, 15) is 0 Å². The van der Waals surface area contributed by atoms with Crippen LogP contribution in [0.4, 0.5) is 0 Å². The fourth-order valence-corrected chi connectivity index (χ4v) is 2.02. The van der Waals surface area contributed by atoms with Gasteiger partial charge in [0.1, 0.15) is 11.5 Å². The third-order valence-corrected chi connectivity index (χ3v) is 2.80. The molecule has 2 aromatic heterocycles. The van der Waals surface area contributed by atoms with Crippen LogP contribution >= 0.6 is 27.5 Å². The summed E-state index contributed by atoms with van der Waals surface area (Å²) in [5.74, 6) is 0. The zero-order valence-electron chi connectivity index (χ0n) is 7.82. The van der Waals surface area contributed by atoms with Gasteiger partial charge in [-0.05, 0) is 0 Å². The Morgan fingerprint density at radius 1 is 1.53 bits per heavy atom. The Hall–Kier alpha value is -0.940. The molecule has 0 unspecified atom stereocenters. The molecule has 2 aromatic rings. The smallest absolute Gasteiger partial charge is 0.163 e. The van der Waals surface area contributed by atoms with Crippen molar-refractivity contribution in [1.82, 2.24) is 19.7 Å². The van der Waals surface area contributed by atoms with Gasteiger partial charge in [0.15, 0.2) is 5.65 Å². The molecule has 4 nitrogen and oxygen atoms in total. The van der Waals surface area contributed by atoms with Crippen LogP contribution in [0.15, 0.2) is 19.0 Å². The first-order valence-corrected chi connectivity index (χ1v) is 5.80. The maximum atomic E-state index is 6.00. The van der Waals surface area contributed by atoms with Gasteiger partial charge in [0, 0.05) is 5.33 Å². The van der Waals surface area contributed by atoms with Gasteiger partial charge in [0.2, 0.25) is 0 Å². The zero-order valence-corrected chi connectivity index (χ0v) is 10.2.